The van der Waals surface area contributed by atoms with Gasteiger partial charge in [0.1, 0.15) is 0 Å². The van der Waals surface area contributed by atoms with Crippen molar-refractivity contribution in [2.45, 2.75) is 58.9 Å². The van der Waals surface area contributed by atoms with E-state index in [2.05, 4.69) is 25.7 Å². The van der Waals surface area contributed by atoms with Crippen molar-refractivity contribution in [3.8, 4) is 0 Å². The molecule has 0 aromatic carbocycles. The Kier molecular flexibility index (Phi) is 5.96. The summed E-state index contributed by atoms with van der Waals surface area (Å²) in [6.07, 6.45) is 6.56. The Morgan fingerprint density at radius 3 is 2.65 bits per heavy atom. The van der Waals surface area contributed by atoms with Gasteiger partial charge < -0.3 is 5.11 Å². The second-order valence-electron chi connectivity index (χ2n) is 5.88. The van der Waals surface area contributed by atoms with E-state index < -0.39 is 5.97 Å². The number of rotatable bonds is 6. The molecule has 0 bridgehead atoms. The summed E-state index contributed by atoms with van der Waals surface area (Å²) in [6, 6.07) is 0.326. The number of hydrogen-bond donors (Lipinski definition) is 1. The van der Waals surface area contributed by atoms with Crippen LogP contribution in [0.3, 0.4) is 0 Å². The Morgan fingerprint density at radius 2 is 2.12 bits per heavy atom. The van der Waals surface area contributed by atoms with Crippen LogP contribution in [0.1, 0.15) is 52.9 Å². The van der Waals surface area contributed by atoms with Gasteiger partial charge in [-0.05, 0) is 45.1 Å². The smallest absolute Gasteiger partial charge is 0.317 e. The number of nitrogens with zero attached hydrogens (tertiary/aromatic N) is 1. The maximum absolute atomic E-state index is 10.8. The number of carbonyl (C=O) groups is 1. The van der Waals surface area contributed by atoms with Crippen molar-refractivity contribution in [3.63, 3.8) is 0 Å². The second-order valence-corrected chi connectivity index (χ2v) is 5.88. The predicted molar refractivity (Wildman–Crippen MR) is 70.1 cm³/mol. The van der Waals surface area contributed by atoms with Gasteiger partial charge in [-0.3, -0.25) is 9.69 Å². The van der Waals surface area contributed by atoms with Gasteiger partial charge in [-0.25, -0.2) is 0 Å². The Labute approximate surface area is 105 Å². The van der Waals surface area contributed by atoms with E-state index >= 15 is 0 Å². The van der Waals surface area contributed by atoms with Crippen LogP contribution in [0.2, 0.25) is 0 Å². The first-order valence-corrected chi connectivity index (χ1v) is 6.95. The summed E-state index contributed by atoms with van der Waals surface area (Å²) in [5.41, 5.74) is 0. The molecule has 0 heterocycles. The second kappa shape index (κ2) is 7.00. The Hall–Kier alpha value is -0.570. The maximum Gasteiger partial charge on any atom is 0.317 e. The highest BCUT2D eigenvalue weighted by Gasteiger charge is 2.20. The molecule has 1 saturated carbocycles. The molecule has 3 heteroatoms. The number of carboxylic acid groups (broad SMARTS) is 1. The predicted octanol–water partition coefficient (Wildman–Crippen LogP) is 3.00. The molecule has 0 aromatic heterocycles. The van der Waals surface area contributed by atoms with Gasteiger partial charge in [0.2, 0.25) is 0 Å². The minimum absolute atomic E-state index is 0.180. The molecule has 1 aliphatic rings. The lowest BCUT2D eigenvalue weighted by Crippen LogP contribution is -2.37. The molecular formula is C14H27NO2. The van der Waals surface area contributed by atoms with E-state index in [1.165, 1.54) is 25.7 Å². The van der Waals surface area contributed by atoms with Crippen molar-refractivity contribution >= 4 is 5.97 Å². The van der Waals surface area contributed by atoms with Crippen LogP contribution in [-0.4, -0.2) is 35.1 Å². The van der Waals surface area contributed by atoms with Gasteiger partial charge >= 0.3 is 5.97 Å². The first-order chi connectivity index (χ1) is 7.99. The summed E-state index contributed by atoms with van der Waals surface area (Å²) < 4.78 is 0. The molecule has 0 radical (unpaired) electrons. The molecule has 100 valence electrons. The minimum atomic E-state index is -0.712. The lowest BCUT2D eigenvalue weighted by atomic mass is 9.81. The van der Waals surface area contributed by atoms with E-state index in [0.717, 1.165) is 24.8 Å². The summed E-state index contributed by atoms with van der Waals surface area (Å²) in [5, 5.41) is 8.87. The van der Waals surface area contributed by atoms with Crippen LogP contribution in [0.25, 0.3) is 0 Å². The topological polar surface area (TPSA) is 40.5 Å². The molecular weight excluding hydrogens is 214 g/mol. The zero-order valence-electron chi connectivity index (χ0n) is 11.5. The highest BCUT2D eigenvalue weighted by molar-refractivity contribution is 5.69. The van der Waals surface area contributed by atoms with Crippen molar-refractivity contribution in [1.82, 2.24) is 4.90 Å². The molecule has 1 fully saturated rings. The first-order valence-electron chi connectivity index (χ1n) is 6.95. The summed E-state index contributed by atoms with van der Waals surface area (Å²) in [7, 11) is 0. The standard InChI is InChI=1S/C14H27NO2/c1-11(2)15(10-14(16)17)8-7-13-6-4-5-12(3)9-13/h11-13H,4-10H2,1-3H3,(H,16,17). The van der Waals surface area contributed by atoms with Crippen LogP contribution >= 0.6 is 0 Å². The SMILES string of the molecule is CC1CCCC(CCN(CC(=O)O)C(C)C)C1. The normalized spacial score (nSPS) is 25.5. The maximum atomic E-state index is 10.8. The van der Waals surface area contributed by atoms with E-state index in [4.69, 9.17) is 5.11 Å². The fraction of sp³-hybridized carbons (Fsp3) is 0.929. The van der Waals surface area contributed by atoms with Crippen molar-refractivity contribution in [1.29, 1.82) is 0 Å². The summed E-state index contributed by atoms with van der Waals surface area (Å²) in [5.74, 6) is 0.963. The Morgan fingerprint density at radius 1 is 1.41 bits per heavy atom. The third kappa shape index (κ3) is 5.53. The quantitative estimate of drug-likeness (QED) is 0.777. The largest absolute Gasteiger partial charge is 0.480 e. The van der Waals surface area contributed by atoms with Crippen molar-refractivity contribution < 1.29 is 9.90 Å². The third-order valence-electron chi connectivity index (χ3n) is 3.94. The molecule has 3 nitrogen and oxygen atoms in total. The van der Waals surface area contributed by atoms with Crippen molar-refractivity contribution in [2.24, 2.45) is 11.8 Å². The summed E-state index contributed by atoms with van der Waals surface area (Å²) in [6.45, 7) is 7.60. The highest BCUT2D eigenvalue weighted by Crippen LogP contribution is 2.30. The van der Waals surface area contributed by atoms with Gasteiger partial charge in [0, 0.05) is 6.04 Å². The molecule has 17 heavy (non-hydrogen) atoms. The minimum Gasteiger partial charge on any atom is -0.480 e. The summed E-state index contributed by atoms with van der Waals surface area (Å²) in [4.78, 5) is 12.8. The van der Waals surface area contributed by atoms with Gasteiger partial charge in [0.25, 0.3) is 0 Å². The van der Waals surface area contributed by atoms with Crippen molar-refractivity contribution in [3.05, 3.63) is 0 Å². The van der Waals surface area contributed by atoms with Crippen LogP contribution in [0, 0.1) is 11.8 Å². The Bertz CT molecular complexity index is 240. The molecule has 1 aliphatic carbocycles. The van der Waals surface area contributed by atoms with E-state index in [-0.39, 0.29) is 6.54 Å². The highest BCUT2D eigenvalue weighted by atomic mass is 16.4. The first kappa shape index (κ1) is 14.5. The number of carboxylic acids is 1. The molecule has 2 atom stereocenters. The van der Waals surface area contributed by atoms with E-state index in [9.17, 15) is 4.79 Å². The van der Waals surface area contributed by atoms with Crippen LogP contribution in [-0.2, 0) is 4.79 Å². The molecule has 0 aliphatic heterocycles. The van der Waals surface area contributed by atoms with Crippen LogP contribution in [0.5, 0.6) is 0 Å². The number of hydrogen-bond acceptors (Lipinski definition) is 2. The molecule has 2 unspecified atom stereocenters. The lowest BCUT2D eigenvalue weighted by Gasteiger charge is -2.30. The monoisotopic (exact) mass is 241 g/mol. The Balaban J connectivity index is 2.32. The van der Waals surface area contributed by atoms with E-state index in [1.54, 1.807) is 0 Å². The zero-order valence-corrected chi connectivity index (χ0v) is 11.5. The van der Waals surface area contributed by atoms with Crippen LogP contribution < -0.4 is 0 Å². The average Bonchev–Trinajstić information content (AvgIpc) is 2.23. The van der Waals surface area contributed by atoms with E-state index in [1.807, 2.05) is 0 Å². The number of aliphatic carboxylic acids is 1. The average molecular weight is 241 g/mol. The molecule has 1 rings (SSSR count). The lowest BCUT2D eigenvalue weighted by molar-refractivity contribution is -0.138. The fourth-order valence-corrected chi connectivity index (χ4v) is 2.86. The van der Waals surface area contributed by atoms with Crippen molar-refractivity contribution in [2.75, 3.05) is 13.1 Å². The molecule has 1 N–H and O–H groups in total. The van der Waals surface area contributed by atoms with Gasteiger partial charge in [-0.2, -0.15) is 0 Å². The van der Waals surface area contributed by atoms with Crippen LogP contribution in [0.15, 0.2) is 0 Å². The molecule has 0 amide bonds. The third-order valence-corrected chi connectivity index (χ3v) is 3.94. The molecule has 0 saturated heterocycles. The molecule has 0 aromatic rings. The van der Waals surface area contributed by atoms with Gasteiger partial charge in [-0.1, -0.05) is 26.2 Å². The van der Waals surface area contributed by atoms with Crippen LogP contribution in [0.4, 0.5) is 0 Å². The summed E-state index contributed by atoms with van der Waals surface area (Å²) >= 11 is 0. The molecule has 0 spiro atoms. The van der Waals surface area contributed by atoms with E-state index in [0.29, 0.717) is 6.04 Å². The zero-order chi connectivity index (χ0) is 12.8. The van der Waals surface area contributed by atoms with Gasteiger partial charge in [-0.15, -0.1) is 0 Å². The fourth-order valence-electron chi connectivity index (χ4n) is 2.86. The van der Waals surface area contributed by atoms with Gasteiger partial charge in [0.05, 0.1) is 6.54 Å². The van der Waals surface area contributed by atoms with Gasteiger partial charge in [0.15, 0.2) is 0 Å².